The molecule has 2 N–H and O–H groups in total. The number of likely N-dealkylation sites (tertiary alicyclic amines) is 1. The number of β-amino-alcohol motifs (C(OH)–C–C–N with tert-alkyl or cyclic N) is 1. The van der Waals surface area contributed by atoms with Crippen LogP contribution in [0.25, 0.3) is 0 Å². The molecule has 1 aliphatic rings. The maximum Gasteiger partial charge on any atom is 0.412 e. The van der Waals surface area contributed by atoms with Crippen molar-refractivity contribution in [3.63, 3.8) is 0 Å². The fraction of sp³-hybridized carbons (Fsp3) is 0.619. The van der Waals surface area contributed by atoms with E-state index in [9.17, 15) is 14.7 Å². The Balaban J connectivity index is 2.21. The van der Waals surface area contributed by atoms with Crippen molar-refractivity contribution in [2.45, 2.75) is 71.2 Å². The van der Waals surface area contributed by atoms with E-state index in [0.717, 1.165) is 0 Å². The van der Waals surface area contributed by atoms with E-state index in [4.69, 9.17) is 9.47 Å². The average Bonchev–Trinajstić information content (AvgIpc) is 2.52. The van der Waals surface area contributed by atoms with E-state index in [1.165, 1.54) is 4.90 Å². The van der Waals surface area contributed by atoms with Crippen LogP contribution in [0.5, 0.6) is 0 Å². The van der Waals surface area contributed by atoms with Crippen molar-refractivity contribution in [1.82, 2.24) is 4.90 Å². The summed E-state index contributed by atoms with van der Waals surface area (Å²) in [5, 5.41) is 14.1. The Hall–Kier alpha value is -2.28. The van der Waals surface area contributed by atoms with Gasteiger partial charge in [0.25, 0.3) is 0 Å². The van der Waals surface area contributed by atoms with Crippen LogP contribution in [0, 0.1) is 0 Å². The molecule has 7 heteroatoms. The quantitative estimate of drug-likeness (QED) is 0.785. The third-order valence-electron chi connectivity index (χ3n) is 4.19. The van der Waals surface area contributed by atoms with Crippen LogP contribution in [0.2, 0.25) is 0 Å². The lowest BCUT2D eigenvalue weighted by Gasteiger charge is -2.40. The Kier molecular flexibility index (Phi) is 6.28. The van der Waals surface area contributed by atoms with E-state index in [2.05, 4.69) is 5.32 Å². The molecule has 1 fully saturated rings. The summed E-state index contributed by atoms with van der Waals surface area (Å²) in [5.41, 5.74) is -1.52. The highest BCUT2D eigenvalue weighted by Gasteiger charge is 2.39. The first kappa shape index (κ1) is 22.0. The first-order valence-corrected chi connectivity index (χ1v) is 9.59. The molecule has 7 nitrogen and oxygen atoms in total. The molecular formula is C21H32N2O5. The van der Waals surface area contributed by atoms with Crippen molar-refractivity contribution in [3.05, 3.63) is 29.8 Å². The second kappa shape index (κ2) is 7.99. The SMILES string of the molecule is CC(C)(C)OC(=O)Nc1ccccc1C1(O)CCCN(C(=O)OC(C)(C)C)C1. The molecule has 2 rings (SSSR count). The monoisotopic (exact) mass is 392 g/mol. The van der Waals surface area contributed by atoms with Crippen LogP contribution in [0.15, 0.2) is 24.3 Å². The van der Waals surface area contributed by atoms with Crippen molar-refractivity contribution < 1.29 is 24.2 Å². The summed E-state index contributed by atoms with van der Waals surface area (Å²) in [6.45, 7) is 11.4. The number of nitrogens with one attached hydrogen (secondary N) is 1. The zero-order valence-corrected chi connectivity index (χ0v) is 17.7. The fourth-order valence-corrected chi connectivity index (χ4v) is 3.15. The summed E-state index contributed by atoms with van der Waals surface area (Å²) in [6.07, 6.45) is 0.0436. The van der Waals surface area contributed by atoms with Gasteiger partial charge in [0.05, 0.1) is 12.2 Å². The summed E-state index contributed by atoms with van der Waals surface area (Å²) in [5.74, 6) is 0. The van der Waals surface area contributed by atoms with Crippen LogP contribution < -0.4 is 5.32 Å². The van der Waals surface area contributed by atoms with Gasteiger partial charge in [0.15, 0.2) is 0 Å². The molecule has 28 heavy (non-hydrogen) atoms. The number of piperidine rings is 1. The highest BCUT2D eigenvalue weighted by molar-refractivity contribution is 5.86. The number of carbonyl (C=O) groups excluding carboxylic acids is 2. The van der Waals surface area contributed by atoms with Crippen LogP contribution in [-0.2, 0) is 15.1 Å². The Bertz CT molecular complexity index is 720. The lowest BCUT2D eigenvalue weighted by atomic mass is 9.85. The molecule has 0 bridgehead atoms. The molecule has 0 spiro atoms. The van der Waals surface area contributed by atoms with Crippen molar-refractivity contribution in [1.29, 1.82) is 0 Å². The third kappa shape index (κ3) is 6.12. The average molecular weight is 392 g/mol. The van der Waals surface area contributed by atoms with Gasteiger partial charge in [-0.1, -0.05) is 18.2 Å². The van der Waals surface area contributed by atoms with Gasteiger partial charge in [0, 0.05) is 12.1 Å². The zero-order valence-electron chi connectivity index (χ0n) is 17.7. The van der Waals surface area contributed by atoms with Crippen molar-refractivity contribution >= 4 is 17.9 Å². The van der Waals surface area contributed by atoms with Crippen LogP contribution in [0.3, 0.4) is 0 Å². The Morgan fingerprint density at radius 2 is 1.68 bits per heavy atom. The lowest BCUT2D eigenvalue weighted by molar-refractivity contribution is -0.0462. The first-order chi connectivity index (χ1) is 12.8. The largest absolute Gasteiger partial charge is 0.444 e. The maximum absolute atomic E-state index is 12.5. The van der Waals surface area contributed by atoms with E-state index >= 15 is 0 Å². The summed E-state index contributed by atoms with van der Waals surface area (Å²) >= 11 is 0. The number of aliphatic hydroxyl groups is 1. The summed E-state index contributed by atoms with van der Waals surface area (Å²) < 4.78 is 10.8. The van der Waals surface area contributed by atoms with Crippen LogP contribution in [-0.4, -0.2) is 46.5 Å². The number of benzene rings is 1. The predicted molar refractivity (Wildman–Crippen MR) is 107 cm³/mol. The molecule has 1 aliphatic heterocycles. The molecule has 1 aromatic carbocycles. The third-order valence-corrected chi connectivity index (χ3v) is 4.19. The number of hydrogen-bond donors (Lipinski definition) is 2. The number of hydrogen-bond acceptors (Lipinski definition) is 5. The van der Waals surface area contributed by atoms with Gasteiger partial charge in [-0.15, -0.1) is 0 Å². The van der Waals surface area contributed by atoms with Gasteiger partial charge in [-0.25, -0.2) is 9.59 Å². The fourth-order valence-electron chi connectivity index (χ4n) is 3.15. The molecule has 0 aliphatic carbocycles. The molecule has 1 heterocycles. The summed E-state index contributed by atoms with van der Waals surface area (Å²) in [7, 11) is 0. The van der Waals surface area contributed by atoms with E-state index in [1.54, 1.807) is 65.8 Å². The standard InChI is InChI=1S/C21H32N2O5/c1-19(2,3)27-17(24)22-16-11-8-7-10-15(16)21(26)12-9-13-23(14-21)18(25)28-20(4,5)6/h7-8,10-11,26H,9,12-14H2,1-6H3,(H,22,24). The van der Waals surface area contributed by atoms with Gasteiger partial charge in [-0.3, -0.25) is 5.32 Å². The van der Waals surface area contributed by atoms with E-state index in [-0.39, 0.29) is 6.54 Å². The Morgan fingerprint density at radius 3 is 2.29 bits per heavy atom. The highest BCUT2D eigenvalue weighted by Crippen LogP contribution is 2.36. The van der Waals surface area contributed by atoms with Gasteiger partial charge < -0.3 is 19.5 Å². The molecule has 1 saturated heterocycles. The molecule has 1 atom stereocenters. The van der Waals surface area contributed by atoms with Crippen LogP contribution in [0.4, 0.5) is 15.3 Å². The predicted octanol–water partition coefficient (Wildman–Crippen LogP) is 4.25. The van der Waals surface area contributed by atoms with E-state index < -0.39 is 29.0 Å². The molecule has 0 radical (unpaired) electrons. The van der Waals surface area contributed by atoms with E-state index in [0.29, 0.717) is 30.6 Å². The molecule has 1 aromatic rings. The number of nitrogens with zero attached hydrogens (tertiary/aromatic N) is 1. The van der Waals surface area contributed by atoms with Crippen LogP contribution >= 0.6 is 0 Å². The molecule has 2 amide bonds. The van der Waals surface area contributed by atoms with Gasteiger partial charge in [-0.05, 0) is 60.5 Å². The number of anilines is 1. The van der Waals surface area contributed by atoms with Crippen molar-refractivity contribution in [3.8, 4) is 0 Å². The first-order valence-electron chi connectivity index (χ1n) is 9.59. The second-order valence-electron chi connectivity index (χ2n) is 9.21. The van der Waals surface area contributed by atoms with Gasteiger partial charge in [0.2, 0.25) is 0 Å². The smallest absolute Gasteiger partial charge is 0.412 e. The highest BCUT2D eigenvalue weighted by atomic mass is 16.6. The molecule has 0 aromatic heterocycles. The number of ether oxygens (including phenoxy) is 2. The maximum atomic E-state index is 12.5. The number of carbonyl (C=O) groups is 2. The Morgan fingerprint density at radius 1 is 1.07 bits per heavy atom. The van der Waals surface area contributed by atoms with Gasteiger partial charge in [-0.2, -0.15) is 0 Å². The summed E-state index contributed by atoms with van der Waals surface area (Å²) in [6, 6.07) is 7.03. The zero-order chi connectivity index (χ0) is 21.2. The Labute approximate surface area is 167 Å². The number of amides is 2. The topological polar surface area (TPSA) is 88.1 Å². The van der Waals surface area contributed by atoms with E-state index in [1.807, 2.05) is 0 Å². The number of rotatable bonds is 2. The molecule has 0 saturated carbocycles. The summed E-state index contributed by atoms with van der Waals surface area (Å²) in [4.78, 5) is 26.2. The molecule has 156 valence electrons. The minimum absolute atomic E-state index is 0.0922. The van der Waals surface area contributed by atoms with Gasteiger partial charge >= 0.3 is 12.2 Å². The molecular weight excluding hydrogens is 360 g/mol. The minimum atomic E-state index is -1.29. The van der Waals surface area contributed by atoms with Crippen molar-refractivity contribution in [2.24, 2.45) is 0 Å². The number of para-hydroxylation sites is 1. The minimum Gasteiger partial charge on any atom is -0.444 e. The van der Waals surface area contributed by atoms with Crippen LogP contribution in [0.1, 0.15) is 59.9 Å². The van der Waals surface area contributed by atoms with Gasteiger partial charge in [0.1, 0.15) is 16.8 Å². The lowest BCUT2D eigenvalue weighted by Crippen LogP contribution is -2.50. The van der Waals surface area contributed by atoms with Crippen molar-refractivity contribution in [2.75, 3.05) is 18.4 Å². The normalized spacial score (nSPS) is 20.5. The second-order valence-corrected chi connectivity index (χ2v) is 9.21. The molecule has 1 unspecified atom stereocenters.